The number of ether oxygens (including phenoxy) is 2. The highest BCUT2D eigenvalue weighted by molar-refractivity contribution is 5.94. The van der Waals surface area contributed by atoms with Gasteiger partial charge in [0.05, 0.1) is 24.2 Å². The number of carbonyl (C=O) groups excluding carboxylic acids is 2. The summed E-state index contributed by atoms with van der Waals surface area (Å²) < 4.78 is 28.4. The van der Waals surface area contributed by atoms with Crippen LogP contribution in [0.15, 0.2) is 24.3 Å². The van der Waals surface area contributed by atoms with Gasteiger partial charge in [0.1, 0.15) is 6.10 Å². The minimum absolute atomic E-state index is 0.0639. The molecule has 3 N–H and O–H groups in total. The Morgan fingerprint density at radius 3 is 3.00 bits per heavy atom. The molecular weight excluding hydrogens is 388 g/mol. The summed E-state index contributed by atoms with van der Waals surface area (Å²) in [7, 11) is 3.10. The van der Waals surface area contributed by atoms with Gasteiger partial charge in [-0.15, -0.1) is 0 Å². The van der Waals surface area contributed by atoms with Crippen LogP contribution in [0.2, 0.25) is 0 Å². The molecule has 2 fully saturated rings. The molecule has 1 spiro atoms. The summed E-state index contributed by atoms with van der Waals surface area (Å²) in [4.78, 5) is 25.9. The smallest absolute Gasteiger partial charge is 0.330 e. The quantitative estimate of drug-likeness (QED) is 0.481. The topological polar surface area (TPSA) is 108 Å². The van der Waals surface area contributed by atoms with Crippen LogP contribution in [0.1, 0.15) is 33.1 Å². The first-order valence-corrected chi connectivity index (χ1v) is 10.0. The number of piperidine rings is 1. The van der Waals surface area contributed by atoms with Gasteiger partial charge in [-0.25, -0.2) is 4.79 Å². The lowest BCUT2D eigenvalue weighted by Gasteiger charge is -2.63. The van der Waals surface area contributed by atoms with E-state index in [2.05, 4.69) is 10.1 Å². The van der Waals surface area contributed by atoms with E-state index in [1.165, 1.54) is 7.11 Å². The summed E-state index contributed by atoms with van der Waals surface area (Å²) in [6.45, 7) is 0.639. The second kappa shape index (κ2) is 6.46. The maximum atomic E-state index is 12.6. The van der Waals surface area contributed by atoms with Crippen LogP contribution in [0.4, 0.5) is 0 Å². The number of amides is 1. The number of nitrogens with zero attached hydrogens (tertiary/aromatic N) is 1. The Hall–Kier alpha value is -2.58. The minimum Gasteiger partial charge on any atom is -0.504 e. The van der Waals surface area contributed by atoms with E-state index >= 15 is 0 Å². The van der Waals surface area contributed by atoms with Crippen LogP contribution in [0.3, 0.4) is 0 Å². The largest absolute Gasteiger partial charge is 0.504 e. The Morgan fingerprint density at radius 2 is 2.23 bits per heavy atom. The number of nitrogens with one attached hydrogen (secondary N) is 1. The fourth-order valence-corrected chi connectivity index (χ4v) is 5.86. The molecule has 160 valence electrons. The number of methoxy groups -OCH3 is 1. The number of rotatable bonds is 3. The molecule has 0 aromatic heterocycles. The normalized spacial score (nSPS) is 42.0. The van der Waals surface area contributed by atoms with Crippen molar-refractivity contribution in [2.45, 2.75) is 54.8 Å². The van der Waals surface area contributed by atoms with Crippen LogP contribution >= 0.6 is 0 Å². The highest BCUT2D eigenvalue weighted by Crippen LogP contribution is 2.65. The first kappa shape index (κ1) is 17.1. The second-order valence-electron chi connectivity index (χ2n) is 8.48. The van der Waals surface area contributed by atoms with Crippen molar-refractivity contribution >= 4 is 11.9 Å². The third-order valence-electron chi connectivity index (χ3n) is 7.19. The monoisotopic (exact) mass is 418 g/mol. The number of aliphatic hydroxyl groups is 1. The van der Waals surface area contributed by atoms with Gasteiger partial charge in [0, 0.05) is 26.5 Å². The fourth-order valence-electron chi connectivity index (χ4n) is 5.86. The molecule has 1 saturated carbocycles. The zero-order chi connectivity index (χ0) is 23.0. The number of aromatic hydroxyl groups is 1. The molecule has 8 nitrogen and oxygen atoms in total. The summed E-state index contributed by atoms with van der Waals surface area (Å²) in [5, 5.41) is 25.5. The molecule has 5 rings (SSSR count). The molecule has 2 aliphatic heterocycles. The van der Waals surface area contributed by atoms with E-state index in [1.807, 2.05) is 18.0 Å². The number of likely N-dealkylation sites (N-methyl/N-ethyl adjacent to an activating group) is 1. The molecule has 8 heteroatoms. The van der Waals surface area contributed by atoms with Crippen LogP contribution in [-0.4, -0.2) is 71.5 Å². The Labute approximate surface area is 177 Å². The SMILES string of the molecule is [3H]C1C([3H])[C@@]2(O)[C@H]3Cc4ccc(O)c5c4[C@@]2(CCN3C)[C@@H](O5)[C@@H]1NC(=O)/C=C/C(=O)OC. The molecule has 2 bridgehead atoms. The Balaban J connectivity index is 1.63. The number of esters is 1. The average molecular weight is 418 g/mol. The highest BCUT2D eigenvalue weighted by Gasteiger charge is 2.72. The van der Waals surface area contributed by atoms with Crippen LogP contribution in [0, 0.1) is 0 Å². The number of phenolic OH excluding ortho intramolecular Hbond substituents is 1. The highest BCUT2D eigenvalue weighted by atomic mass is 16.5. The van der Waals surface area contributed by atoms with E-state index in [-0.39, 0.29) is 11.5 Å². The predicted molar refractivity (Wildman–Crippen MR) is 106 cm³/mol. The van der Waals surface area contributed by atoms with Crippen molar-refractivity contribution in [1.82, 2.24) is 10.2 Å². The fraction of sp³-hybridized carbons (Fsp3) is 0.545. The van der Waals surface area contributed by atoms with Crippen molar-refractivity contribution in [3.63, 3.8) is 0 Å². The summed E-state index contributed by atoms with van der Waals surface area (Å²) in [5.74, 6) is -1.12. The molecule has 1 amide bonds. The summed E-state index contributed by atoms with van der Waals surface area (Å²) in [5.41, 5.74) is -0.998. The zero-order valence-corrected chi connectivity index (χ0v) is 16.8. The number of hydrogen-bond acceptors (Lipinski definition) is 7. The molecule has 1 saturated heterocycles. The number of benzene rings is 1. The lowest BCUT2D eigenvalue weighted by Crippen LogP contribution is -2.77. The Morgan fingerprint density at radius 1 is 1.43 bits per heavy atom. The molecule has 2 aliphatic carbocycles. The molecule has 30 heavy (non-hydrogen) atoms. The first-order chi connectivity index (χ1) is 15.2. The maximum absolute atomic E-state index is 12.6. The maximum Gasteiger partial charge on any atom is 0.330 e. The van der Waals surface area contributed by atoms with Gasteiger partial charge in [-0.1, -0.05) is 6.07 Å². The van der Waals surface area contributed by atoms with Crippen molar-refractivity contribution in [2.75, 3.05) is 20.7 Å². The first-order valence-electron chi connectivity index (χ1n) is 11.2. The number of hydrogen-bond donors (Lipinski definition) is 3. The number of carbonyl (C=O) groups is 2. The molecule has 4 aliphatic rings. The van der Waals surface area contributed by atoms with Gasteiger partial charge in [0.25, 0.3) is 0 Å². The van der Waals surface area contributed by atoms with Gasteiger partial charge in [0.15, 0.2) is 11.5 Å². The summed E-state index contributed by atoms with van der Waals surface area (Å²) in [6, 6.07) is 2.06. The second-order valence-corrected chi connectivity index (χ2v) is 8.48. The van der Waals surface area contributed by atoms with Crippen LogP contribution in [-0.2, 0) is 26.2 Å². The third-order valence-corrected chi connectivity index (χ3v) is 7.19. The number of phenols is 1. The van der Waals surface area contributed by atoms with Crippen LogP contribution < -0.4 is 10.1 Å². The standard InChI is InChI=1S/C22H26N2O6/c1-24-10-9-21-18-12-3-4-14(25)19(18)30-20(21)13(7-8-22(21,28)15(24)11-12)23-16(26)5-6-17(27)29-2/h3-6,13,15,20,25,28H,7-11H2,1-2H3,(H,23,26)/b6-5+/t13-,15-,20+,21+,22-/m1/s1/i7T,8T/t7?,8?,13-,15-,20+,21+,22-. The van der Waals surface area contributed by atoms with Crippen molar-refractivity contribution in [3.8, 4) is 11.5 Å². The Bertz CT molecular complexity index is 1030. The third kappa shape index (κ3) is 2.34. The van der Waals surface area contributed by atoms with E-state index in [0.717, 1.165) is 17.7 Å². The molecule has 2 heterocycles. The summed E-state index contributed by atoms with van der Waals surface area (Å²) >= 11 is 0. The molecule has 2 unspecified atom stereocenters. The zero-order valence-electron chi connectivity index (χ0n) is 18.8. The summed E-state index contributed by atoms with van der Waals surface area (Å²) in [6.07, 6.45) is -0.340. The molecule has 1 aromatic rings. The van der Waals surface area contributed by atoms with E-state index in [1.54, 1.807) is 6.07 Å². The van der Waals surface area contributed by atoms with Gasteiger partial charge in [-0.05, 0) is 50.9 Å². The molecular formula is C22H26N2O6. The lowest BCUT2D eigenvalue weighted by atomic mass is 9.48. The van der Waals surface area contributed by atoms with Crippen molar-refractivity contribution in [2.24, 2.45) is 0 Å². The van der Waals surface area contributed by atoms with E-state index in [9.17, 15) is 19.8 Å². The van der Waals surface area contributed by atoms with Crippen molar-refractivity contribution in [1.29, 1.82) is 0 Å². The van der Waals surface area contributed by atoms with Gasteiger partial charge in [0.2, 0.25) is 5.91 Å². The van der Waals surface area contributed by atoms with E-state index in [4.69, 9.17) is 7.48 Å². The Kier molecular flexibility index (Phi) is 3.69. The van der Waals surface area contributed by atoms with Crippen molar-refractivity contribution in [3.05, 3.63) is 35.4 Å². The van der Waals surface area contributed by atoms with Crippen molar-refractivity contribution < 1.29 is 32.0 Å². The van der Waals surface area contributed by atoms with Crippen LogP contribution in [0.5, 0.6) is 11.5 Å². The van der Waals surface area contributed by atoms with Crippen LogP contribution in [0.25, 0.3) is 0 Å². The van der Waals surface area contributed by atoms with Gasteiger partial charge >= 0.3 is 5.97 Å². The minimum atomic E-state index is -1.59. The predicted octanol–water partition coefficient (Wildman–Crippen LogP) is 0.390. The lowest BCUT2D eigenvalue weighted by molar-refractivity contribution is -0.187. The van der Waals surface area contributed by atoms with E-state index in [0.29, 0.717) is 24.9 Å². The molecule has 0 radical (unpaired) electrons. The number of likely N-dealkylation sites (tertiary alicyclic amines) is 1. The van der Waals surface area contributed by atoms with Gasteiger partial charge in [-0.2, -0.15) is 0 Å². The van der Waals surface area contributed by atoms with E-state index < -0.39 is 53.9 Å². The van der Waals surface area contributed by atoms with Gasteiger partial charge in [-0.3, -0.25) is 4.79 Å². The van der Waals surface area contributed by atoms with Gasteiger partial charge < -0.3 is 29.9 Å². The molecule has 1 aromatic carbocycles. The average Bonchev–Trinajstić information content (AvgIpc) is 3.12. The molecule has 7 atom stereocenters.